The number of rotatable bonds is 4. The molecule has 96 valence electrons. The Morgan fingerprint density at radius 3 is 2.56 bits per heavy atom. The molecule has 18 heavy (non-hydrogen) atoms. The van der Waals surface area contributed by atoms with Gasteiger partial charge in [-0.05, 0) is 38.5 Å². The van der Waals surface area contributed by atoms with Crippen LogP contribution in [0.25, 0.3) is 0 Å². The van der Waals surface area contributed by atoms with Crippen LogP contribution in [0.3, 0.4) is 0 Å². The predicted molar refractivity (Wildman–Crippen MR) is 72.2 cm³/mol. The second-order valence-corrected chi connectivity index (χ2v) is 4.62. The Kier molecular flexibility index (Phi) is 3.77. The van der Waals surface area contributed by atoms with E-state index in [4.69, 9.17) is 5.73 Å². The van der Waals surface area contributed by atoms with Gasteiger partial charge in [0.1, 0.15) is 5.82 Å². The van der Waals surface area contributed by atoms with Gasteiger partial charge in [-0.15, -0.1) is 0 Å². The molecule has 1 atom stereocenters. The van der Waals surface area contributed by atoms with Crippen molar-refractivity contribution >= 4 is 0 Å². The lowest BCUT2D eigenvalue weighted by atomic mass is 10.0. The maximum atomic E-state index is 6.27. The Bertz CT molecular complexity index is 510. The first-order chi connectivity index (χ1) is 8.60. The SMILES string of the molecule is CCn1ccnc1CC(N)c1cc(C)nc(C)c1. The van der Waals surface area contributed by atoms with E-state index in [0.717, 1.165) is 35.7 Å². The minimum Gasteiger partial charge on any atom is -0.335 e. The van der Waals surface area contributed by atoms with E-state index < -0.39 is 0 Å². The maximum absolute atomic E-state index is 6.27. The topological polar surface area (TPSA) is 56.7 Å². The second kappa shape index (κ2) is 5.31. The third kappa shape index (κ3) is 2.76. The van der Waals surface area contributed by atoms with Crippen LogP contribution in [0.2, 0.25) is 0 Å². The summed E-state index contributed by atoms with van der Waals surface area (Å²) in [5, 5.41) is 0. The van der Waals surface area contributed by atoms with Gasteiger partial charge in [-0.2, -0.15) is 0 Å². The molecule has 2 heterocycles. The fourth-order valence-electron chi connectivity index (χ4n) is 2.21. The summed E-state index contributed by atoms with van der Waals surface area (Å²) in [6.07, 6.45) is 4.57. The van der Waals surface area contributed by atoms with Crippen molar-refractivity contribution in [2.75, 3.05) is 0 Å². The van der Waals surface area contributed by atoms with Gasteiger partial charge in [0.2, 0.25) is 0 Å². The normalized spacial score (nSPS) is 12.7. The first-order valence-electron chi connectivity index (χ1n) is 6.31. The molecule has 0 aliphatic rings. The van der Waals surface area contributed by atoms with E-state index in [0.29, 0.717) is 0 Å². The fraction of sp³-hybridized carbons (Fsp3) is 0.429. The van der Waals surface area contributed by atoms with E-state index in [2.05, 4.69) is 33.6 Å². The van der Waals surface area contributed by atoms with Crippen LogP contribution in [0.5, 0.6) is 0 Å². The van der Waals surface area contributed by atoms with Crippen molar-refractivity contribution in [3.05, 3.63) is 47.3 Å². The molecule has 2 aromatic rings. The van der Waals surface area contributed by atoms with E-state index in [1.807, 2.05) is 26.2 Å². The highest BCUT2D eigenvalue weighted by Gasteiger charge is 2.11. The van der Waals surface area contributed by atoms with Crippen molar-refractivity contribution in [3.63, 3.8) is 0 Å². The van der Waals surface area contributed by atoms with Gasteiger partial charge in [0.15, 0.2) is 0 Å². The molecule has 2 N–H and O–H groups in total. The highest BCUT2D eigenvalue weighted by Crippen LogP contribution is 2.17. The number of hydrogen-bond donors (Lipinski definition) is 1. The van der Waals surface area contributed by atoms with Crippen molar-refractivity contribution in [2.45, 2.75) is 39.8 Å². The summed E-state index contributed by atoms with van der Waals surface area (Å²) >= 11 is 0. The summed E-state index contributed by atoms with van der Waals surface area (Å²) in [5.41, 5.74) is 9.42. The quantitative estimate of drug-likeness (QED) is 0.896. The molecule has 0 spiro atoms. The summed E-state index contributed by atoms with van der Waals surface area (Å²) in [6.45, 7) is 7.03. The highest BCUT2D eigenvalue weighted by atomic mass is 15.1. The molecule has 0 radical (unpaired) electrons. The van der Waals surface area contributed by atoms with Gasteiger partial charge in [0, 0.05) is 42.8 Å². The number of imidazole rings is 1. The molecular formula is C14H20N4. The fourth-order valence-corrected chi connectivity index (χ4v) is 2.21. The molecule has 0 bridgehead atoms. The third-order valence-corrected chi connectivity index (χ3v) is 3.08. The van der Waals surface area contributed by atoms with Crippen molar-refractivity contribution < 1.29 is 0 Å². The average molecular weight is 244 g/mol. The maximum Gasteiger partial charge on any atom is 0.110 e. The summed E-state index contributed by atoms with van der Waals surface area (Å²) in [7, 11) is 0. The molecule has 0 saturated heterocycles. The van der Waals surface area contributed by atoms with Crippen molar-refractivity contribution in [1.29, 1.82) is 0 Å². The van der Waals surface area contributed by atoms with Crippen LogP contribution in [0.4, 0.5) is 0 Å². The molecule has 0 aliphatic carbocycles. The number of pyridine rings is 1. The summed E-state index contributed by atoms with van der Waals surface area (Å²) in [6, 6.07) is 4.08. The van der Waals surface area contributed by atoms with Crippen LogP contribution in [-0.2, 0) is 13.0 Å². The monoisotopic (exact) mass is 244 g/mol. The predicted octanol–water partition coefficient (Wildman–Crippen LogP) is 2.16. The smallest absolute Gasteiger partial charge is 0.110 e. The number of nitrogens with two attached hydrogens (primary N) is 1. The largest absolute Gasteiger partial charge is 0.335 e. The van der Waals surface area contributed by atoms with E-state index in [1.165, 1.54) is 0 Å². The van der Waals surface area contributed by atoms with Gasteiger partial charge in [0.25, 0.3) is 0 Å². The van der Waals surface area contributed by atoms with Crippen LogP contribution in [-0.4, -0.2) is 14.5 Å². The lowest BCUT2D eigenvalue weighted by molar-refractivity contribution is 0.627. The first kappa shape index (κ1) is 12.8. The Labute approximate surface area is 108 Å². The Balaban J connectivity index is 2.19. The molecule has 4 heteroatoms. The number of hydrogen-bond acceptors (Lipinski definition) is 3. The van der Waals surface area contributed by atoms with Gasteiger partial charge >= 0.3 is 0 Å². The Morgan fingerprint density at radius 1 is 1.28 bits per heavy atom. The van der Waals surface area contributed by atoms with Gasteiger partial charge < -0.3 is 10.3 Å². The molecule has 0 aliphatic heterocycles. The molecule has 1 unspecified atom stereocenters. The van der Waals surface area contributed by atoms with Crippen molar-refractivity contribution in [3.8, 4) is 0 Å². The van der Waals surface area contributed by atoms with E-state index >= 15 is 0 Å². The first-order valence-corrected chi connectivity index (χ1v) is 6.31. The molecule has 4 nitrogen and oxygen atoms in total. The second-order valence-electron chi connectivity index (χ2n) is 4.62. The van der Waals surface area contributed by atoms with Crippen LogP contribution >= 0.6 is 0 Å². The molecular weight excluding hydrogens is 224 g/mol. The average Bonchev–Trinajstić information content (AvgIpc) is 2.75. The van der Waals surface area contributed by atoms with Crippen LogP contribution in [0.1, 0.15) is 35.7 Å². The lowest BCUT2D eigenvalue weighted by Gasteiger charge is -2.14. The zero-order valence-corrected chi connectivity index (χ0v) is 11.2. The molecule has 0 amide bonds. The lowest BCUT2D eigenvalue weighted by Crippen LogP contribution is -2.17. The molecule has 2 aromatic heterocycles. The van der Waals surface area contributed by atoms with Gasteiger partial charge in [-0.3, -0.25) is 4.98 Å². The van der Waals surface area contributed by atoms with Crippen LogP contribution < -0.4 is 5.73 Å². The van der Waals surface area contributed by atoms with Crippen LogP contribution in [0.15, 0.2) is 24.5 Å². The zero-order valence-electron chi connectivity index (χ0n) is 11.2. The van der Waals surface area contributed by atoms with Crippen molar-refractivity contribution in [2.24, 2.45) is 5.73 Å². The summed E-state index contributed by atoms with van der Waals surface area (Å²) in [5.74, 6) is 1.04. The minimum absolute atomic E-state index is 0.0295. The third-order valence-electron chi connectivity index (χ3n) is 3.08. The number of aromatic nitrogens is 3. The van der Waals surface area contributed by atoms with E-state index in [-0.39, 0.29) is 6.04 Å². The molecule has 0 aromatic carbocycles. The van der Waals surface area contributed by atoms with E-state index in [1.54, 1.807) is 0 Å². The summed E-state index contributed by atoms with van der Waals surface area (Å²) < 4.78 is 2.13. The van der Waals surface area contributed by atoms with Gasteiger partial charge in [-0.25, -0.2) is 4.98 Å². The Hall–Kier alpha value is -1.68. The molecule has 0 saturated carbocycles. The molecule has 2 rings (SSSR count). The van der Waals surface area contributed by atoms with Crippen molar-refractivity contribution in [1.82, 2.24) is 14.5 Å². The number of aryl methyl sites for hydroxylation is 3. The van der Waals surface area contributed by atoms with Gasteiger partial charge in [0.05, 0.1) is 0 Å². The van der Waals surface area contributed by atoms with Crippen LogP contribution in [0, 0.1) is 13.8 Å². The Morgan fingerprint density at radius 2 is 1.94 bits per heavy atom. The summed E-state index contributed by atoms with van der Waals surface area (Å²) in [4.78, 5) is 8.74. The van der Waals surface area contributed by atoms with Gasteiger partial charge in [-0.1, -0.05) is 0 Å². The molecule has 0 fully saturated rings. The van der Waals surface area contributed by atoms with E-state index in [9.17, 15) is 0 Å². The number of nitrogens with zero attached hydrogens (tertiary/aromatic N) is 3. The highest BCUT2D eigenvalue weighted by molar-refractivity contribution is 5.24. The standard InChI is InChI=1S/C14H20N4/c1-4-18-6-5-16-14(18)9-13(15)12-7-10(2)17-11(3)8-12/h5-8,13H,4,9,15H2,1-3H3. The minimum atomic E-state index is -0.0295. The zero-order chi connectivity index (χ0) is 13.1.